The lowest BCUT2D eigenvalue weighted by atomic mass is 10.3. The second kappa shape index (κ2) is 5.77. The van der Waals surface area contributed by atoms with Crippen LogP contribution in [0.25, 0.3) is 11.0 Å². The first-order valence-electron chi connectivity index (χ1n) is 6.97. The van der Waals surface area contributed by atoms with Crippen molar-refractivity contribution in [1.82, 2.24) is 14.9 Å². The van der Waals surface area contributed by atoms with Gasteiger partial charge >= 0.3 is 0 Å². The van der Waals surface area contributed by atoms with Crippen molar-refractivity contribution in [3.8, 4) is 0 Å². The summed E-state index contributed by atoms with van der Waals surface area (Å²) in [7, 11) is 0. The fourth-order valence-electron chi connectivity index (χ4n) is 2.49. The van der Waals surface area contributed by atoms with Gasteiger partial charge in [-0.2, -0.15) is 0 Å². The number of nitrogens with zero attached hydrogens (tertiary/aromatic N) is 2. The summed E-state index contributed by atoms with van der Waals surface area (Å²) in [6.45, 7) is 7.00. The zero-order valence-corrected chi connectivity index (χ0v) is 12.7. The first kappa shape index (κ1) is 13.3. The summed E-state index contributed by atoms with van der Waals surface area (Å²) in [4.78, 5) is 6.14. The standard InChI is InChI=1S/C16H19N3S/c1-3-19-14-7-5-4-6-13(14)18-16(19)11-17-10-15-12(2)8-9-20-15/h4-9,17H,3,10-11H2,1-2H3. The number of para-hydroxylation sites is 2. The fraction of sp³-hybridized carbons (Fsp3) is 0.312. The van der Waals surface area contributed by atoms with E-state index in [2.05, 4.69) is 53.4 Å². The number of benzene rings is 1. The second-order valence-electron chi connectivity index (χ2n) is 4.89. The molecular formula is C16H19N3S. The average molecular weight is 285 g/mol. The Hall–Kier alpha value is -1.65. The molecule has 3 nitrogen and oxygen atoms in total. The van der Waals surface area contributed by atoms with Crippen LogP contribution >= 0.6 is 11.3 Å². The van der Waals surface area contributed by atoms with Crippen molar-refractivity contribution in [3.63, 3.8) is 0 Å². The zero-order valence-electron chi connectivity index (χ0n) is 11.9. The summed E-state index contributed by atoms with van der Waals surface area (Å²) >= 11 is 1.81. The maximum Gasteiger partial charge on any atom is 0.123 e. The van der Waals surface area contributed by atoms with Gasteiger partial charge in [-0.3, -0.25) is 0 Å². The molecule has 4 heteroatoms. The highest BCUT2D eigenvalue weighted by molar-refractivity contribution is 7.10. The molecule has 0 bridgehead atoms. The number of fused-ring (bicyclic) bond motifs is 1. The van der Waals surface area contributed by atoms with Crippen LogP contribution in [-0.4, -0.2) is 9.55 Å². The Labute approximate surface area is 123 Å². The molecule has 0 aliphatic heterocycles. The second-order valence-corrected chi connectivity index (χ2v) is 5.89. The van der Waals surface area contributed by atoms with Gasteiger partial charge in [-0.25, -0.2) is 4.98 Å². The molecule has 2 heterocycles. The first-order chi connectivity index (χ1) is 9.79. The largest absolute Gasteiger partial charge is 0.327 e. The molecule has 3 rings (SSSR count). The first-order valence-corrected chi connectivity index (χ1v) is 7.85. The van der Waals surface area contributed by atoms with Gasteiger partial charge in [-0.1, -0.05) is 12.1 Å². The summed E-state index contributed by atoms with van der Waals surface area (Å²) in [5.74, 6) is 1.11. The van der Waals surface area contributed by atoms with Gasteiger partial charge in [0.1, 0.15) is 5.82 Å². The van der Waals surface area contributed by atoms with Gasteiger partial charge in [0.2, 0.25) is 0 Å². The summed E-state index contributed by atoms with van der Waals surface area (Å²) in [5, 5.41) is 5.65. The molecule has 0 radical (unpaired) electrons. The van der Waals surface area contributed by atoms with Crippen LogP contribution < -0.4 is 5.32 Å². The molecule has 0 unspecified atom stereocenters. The SMILES string of the molecule is CCn1c(CNCc2sccc2C)nc2ccccc21. The Morgan fingerprint density at radius 3 is 2.80 bits per heavy atom. The Bertz CT molecular complexity index is 711. The van der Waals surface area contributed by atoms with Gasteiger partial charge in [0, 0.05) is 18.0 Å². The lowest BCUT2D eigenvalue weighted by molar-refractivity contribution is 0.623. The van der Waals surface area contributed by atoms with E-state index in [4.69, 9.17) is 4.98 Å². The van der Waals surface area contributed by atoms with Crippen LogP contribution in [0.15, 0.2) is 35.7 Å². The Morgan fingerprint density at radius 2 is 2.05 bits per heavy atom. The molecule has 1 aromatic carbocycles. The quantitative estimate of drug-likeness (QED) is 0.774. The molecule has 0 amide bonds. The number of hydrogen-bond acceptors (Lipinski definition) is 3. The van der Waals surface area contributed by atoms with Crippen LogP contribution in [0.4, 0.5) is 0 Å². The van der Waals surface area contributed by atoms with E-state index in [-0.39, 0.29) is 0 Å². The average Bonchev–Trinajstić information content (AvgIpc) is 3.02. The van der Waals surface area contributed by atoms with Gasteiger partial charge in [-0.05, 0) is 43.0 Å². The fourth-order valence-corrected chi connectivity index (χ4v) is 3.36. The van der Waals surface area contributed by atoms with Crippen LogP contribution in [-0.2, 0) is 19.6 Å². The highest BCUT2D eigenvalue weighted by Crippen LogP contribution is 2.17. The predicted octanol–water partition coefficient (Wildman–Crippen LogP) is 3.72. The molecular weight excluding hydrogens is 266 g/mol. The summed E-state index contributed by atoms with van der Waals surface area (Å²) in [5.41, 5.74) is 3.67. The van der Waals surface area contributed by atoms with Crippen molar-refractivity contribution in [2.45, 2.75) is 33.5 Å². The molecule has 0 fully saturated rings. The summed E-state index contributed by atoms with van der Waals surface area (Å²) in [6.07, 6.45) is 0. The van der Waals surface area contributed by atoms with Gasteiger partial charge in [0.05, 0.1) is 17.6 Å². The number of nitrogens with one attached hydrogen (secondary N) is 1. The van der Waals surface area contributed by atoms with Crippen molar-refractivity contribution in [2.75, 3.05) is 0 Å². The molecule has 104 valence electrons. The van der Waals surface area contributed by atoms with E-state index in [1.54, 1.807) is 0 Å². The molecule has 2 aromatic heterocycles. The number of aryl methyl sites for hydroxylation is 2. The van der Waals surface area contributed by atoms with Crippen molar-refractivity contribution in [3.05, 3.63) is 52.0 Å². The minimum atomic E-state index is 0.805. The van der Waals surface area contributed by atoms with E-state index in [0.29, 0.717) is 0 Å². The minimum absolute atomic E-state index is 0.805. The third-order valence-electron chi connectivity index (χ3n) is 3.59. The molecule has 0 aliphatic rings. The molecule has 0 saturated carbocycles. The topological polar surface area (TPSA) is 29.9 Å². The highest BCUT2D eigenvalue weighted by atomic mass is 32.1. The predicted molar refractivity (Wildman–Crippen MR) is 85.0 cm³/mol. The van der Waals surface area contributed by atoms with Crippen LogP contribution in [0, 0.1) is 6.92 Å². The van der Waals surface area contributed by atoms with E-state index < -0.39 is 0 Å². The van der Waals surface area contributed by atoms with Gasteiger partial charge < -0.3 is 9.88 Å². The number of imidazole rings is 1. The Balaban J connectivity index is 1.75. The van der Waals surface area contributed by atoms with Crippen LogP contribution in [0.3, 0.4) is 0 Å². The maximum absolute atomic E-state index is 4.73. The molecule has 3 aromatic rings. The third-order valence-corrected chi connectivity index (χ3v) is 4.61. The van der Waals surface area contributed by atoms with E-state index in [9.17, 15) is 0 Å². The van der Waals surface area contributed by atoms with Crippen LogP contribution in [0.5, 0.6) is 0 Å². The van der Waals surface area contributed by atoms with Crippen LogP contribution in [0.2, 0.25) is 0 Å². The monoisotopic (exact) mass is 285 g/mol. The zero-order chi connectivity index (χ0) is 13.9. The molecule has 1 N–H and O–H groups in total. The minimum Gasteiger partial charge on any atom is -0.327 e. The van der Waals surface area contributed by atoms with Gasteiger partial charge in [0.15, 0.2) is 0 Å². The highest BCUT2D eigenvalue weighted by Gasteiger charge is 2.08. The smallest absolute Gasteiger partial charge is 0.123 e. The molecule has 0 atom stereocenters. The number of rotatable bonds is 5. The Kier molecular flexibility index (Phi) is 3.85. The lowest BCUT2D eigenvalue weighted by Crippen LogP contribution is -2.16. The van der Waals surface area contributed by atoms with E-state index in [1.807, 2.05) is 17.4 Å². The molecule has 0 aliphatic carbocycles. The number of hydrogen-bond donors (Lipinski definition) is 1. The van der Waals surface area contributed by atoms with Crippen molar-refractivity contribution < 1.29 is 0 Å². The summed E-state index contributed by atoms with van der Waals surface area (Å²) < 4.78 is 2.28. The normalized spacial score (nSPS) is 11.3. The van der Waals surface area contributed by atoms with E-state index in [0.717, 1.165) is 31.0 Å². The van der Waals surface area contributed by atoms with E-state index >= 15 is 0 Å². The van der Waals surface area contributed by atoms with Crippen molar-refractivity contribution in [2.24, 2.45) is 0 Å². The maximum atomic E-state index is 4.73. The van der Waals surface area contributed by atoms with Gasteiger partial charge in [0.25, 0.3) is 0 Å². The lowest BCUT2D eigenvalue weighted by Gasteiger charge is -2.07. The Morgan fingerprint density at radius 1 is 1.20 bits per heavy atom. The number of thiophene rings is 1. The third kappa shape index (κ3) is 2.49. The molecule has 20 heavy (non-hydrogen) atoms. The number of aromatic nitrogens is 2. The van der Waals surface area contributed by atoms with Crippen molar-refractivity contribution in [1.29, 1.82) is 0 Å². The molecule has 0 saturated heterocycles. The molecule has 0 spiro atoms. The summed E-state index contributed by atoms with van der Waals surface area (Å²) in [6, 6.07) is 10.5. The van der Waals surface area contributed by atoms with E-state index in [1.165, 1.54) is 16.0 Å². The van der Waals surface area contributed by atoms with Gasteiger partial charge in [-0.15, -0.1) is 11.3 Å². The van der Waals surface area contributed by atoms with Crippen molar-refractivity contribution >= 4 is 22.4 Å². The van der Waals surface area contributed by atoms with Crippen LogP contribution in [0.1, 0.15) is 23.2 Å².